The number of hydrogen-bond acceptors (Lipinski definition) is 1. The molecule has 0 bridgehead atoms. The molecule has 0 aliphatic heterocycles. The first kappa shape index (κ1) is 9.85. The first-order chi connectivity index (χ1) is 2.41. The van der Waals surface area contributed by atoms with Crippen LogP contribution in [0, 0.1) is 0 Å². The standard InChI is InChI=1S/C3H3ClO.Na/c4-2-1-3-5;/h1-3H;/b2-1-;. The van der Waals surface area contributed by atoms with Gasteiger partial charge in [0.2, 0.25) is 0 Å². The molecule has 1 radical (unpaired) electrons. The second-order valence-electron chi connectivity index (χ2n) is 0.455. The molecule has 0 N–H and O–H groups in total. The molecular formula is C3H3ClNaO. The van der Waals surface area contributed by atoms with Crippen LogP contribution in [-0.4, -0.2) is 35.8 Å². The molecule has 0 rings (SSSR count). The fourth-order valence-corrected chi connectivity index (χ4v) is 0.0891. The molecule has 0 atom stereocenters. The van der Waals surface area contributed by atoms with Crippen molar-refractivity contribution in [3.8, 4) is 0 Å². The Morgan fingerprint density at radius 2 is 2.00 bits per heavy atom. The van der Waals surface area contributed by atoms with Crippen LogP contribution in [0.5, 0.6) is 0 Å². The van der Waals surface area contributed by atoms with Gasteiger partial charge in [0.25, 0.3) is 0 Å². The van der Waals surface area contributed by atoms with Gasteiger partial charge in [0, 0.05) is 35.1 Å². The zero-order chi connectivity index (χ0) is 4.12. The van der Waals surface area contributed by atoms with Crippen molar-refractivity contribution in [3.63, 3.8) is 0 Å². The summed E-state index contributed by atoms with van der Waals surface area (Å²) in [5, 5.41) is 0. The molecule has 0 fully saturated rings. The van der Waals surface area contributed by atoms with Crippen LogP contribution in [0.25, 0.3) is 0 Å². The third-order valence-corrected chi connectivity index (χ3v) is 0.297. The first-order valence-corrected chi connectivity index (χ1v) is 1.56. The Labute approximate surface area is 63.7 Å². The molecule has 0 unspecified atom stereocenters. The molecule has 0 aromatic rings. The quantitative estimate of drug-likeness (QED) is 0.276. The number of halogens is 1. The van der Waals surface area contributed by atoms with E-state index in [9.17, 15) is 4.79 Å². The van der Waals surface area contributed by atoms with Crippen molar-refractivity contribution < 1.29 is 4.79 Å². The van der Waals surface area contributed by atoms with Crippen molar-refractivity contribution in [2.75, 3.05) is 0 Å². The summed E-state index contributed by atoms with van der Waals surface area (Å²) in [4.78, 5) is 9.23. The van der Waals surface area contributed by atoms with Crippen LogP contribution >= 0.6 is 11.6 Å². The molecule has 0 saturated carbocycles. The summed E-state index contributed by atoms with van der Waals surface area (Å²) in [7, 11) is 0. The van der Waals surface area contributed by atoms with E-state index in [1.807, 2.05) is 0 Å². The maximum atomic E-state index is 9.23. The molecular weight excluding hydrogens is 110 g/mol. The zero-order valence-corrected chi connectivity index (χ0v) is 6.27. The minimum absolute atomic E-state index is 0. The Morgan fingerprint density at radius 3 is 2.00 bits per heavy atom. The minimum atomic E-state index is 0. The number of aldehydes is 1. The molecule has 0 aromatic carbocycles. The van der Waals surface area contributed by atoms with E-state index < -0.39 is 0 Å². The van der Waals surface area contributed by atoms with Crippen LogP contribution in [0.4, 0.5) is 0 Å². The van der Waals surface area contributed by atoms with E-state index in [4.69, 9.17) is 11.6 Å². The number of carbonyl (C=O) groups excluding carboxylic acids is 1. The molecule has 0 saturated heterocycles. The molecule has 0 aliphatic rings. The van der Waals surface area contributed by atoms with Gasteiger partial charge in [-0.2, -0.15) is 0 Å². The molecule has 3 heteroatoms. The van der Waals surface area contributed by atoms with Gasteiger partial charge in [-0.3, -0.25) is 4.79 Å². The summed E-state index contributed by atoms with van der Waals surface area (Å²) >= 11 is 4.89. The summed E-state index contributed by atoms with van der Waals surface area (Å²) in [6.07, 6.45) is 1.83. The predicted octanol–water partition coefficient (Wildman–Crippen LogP) is 0.557. The molecule has 0 spiro atoms. The second kappa shape index (κ2) is 9.20. The van der Waals surface area contributed by atoms with Gasteiger partial charge in [-0.05, 0) is 6.08 Å². The van der Waals surface area contributed by atoms with Crippen LogP contribution in [0.15, 0.2) is 11.6 Å². The summed E-state index contributed by atoms with van der Waals surface area (Å²) in [6.45, 7) is 0. The van der Waals surface area contributed by atoms with E-state index >= 15 is 0 Å². The zero-order valence-electron chi connectivity index (χ0n) is 3.52. The van der Waals surface area contributed by atoms with Crippen molar-refractivity contribution in [1.29, 1.82) is 0 Å². The number of rotatable bonds is 1. The summed E-state index contributed by atoms with van der Waals surface area (Å²) in [5.41, 5.74) is 1.16. The molecule has 0 heterocycles. The molecule has 29 valence electrons. The third-order valence-electron chi connectivity index (χ3n) is 0.151. The van der Waals surface area contributed by atoms with Crippen molar-refractivity contribution in [2.24, 2.45) is 0 Å². The van der Waals surface area contributed by atoms with E-state index in [-0.39, 0.29) is 29.6 Å². The van der Waals surface area contributed by atoms with Crippen LogP contribution in [0.1, 0.15) is 0 Å². The van der Waals surface area contributed by atoms with Crippen LogP contribution < -0.4 is 0 Å². The number of allylic oxidation sites excluding steroid dienone is 1. The minimum Gasteiger partial charge on any atom is -0.299 e. The number of hydrogen-bond donors (Lipinski definition) is 0. The monoisotopic (exact) mass is 113 g/mol. The van der Waals surface area contributed by atoms with Gasteiger partial charge < -0.3 is 0 Å². The van der Waals surface area contributed by atoms with Crippen LogP contribution in [0.3, 0.4) is 0 Å². The van der Waals surface area contributed by atoms with E-state index in [0.29, 0.717) is 6.29 Å². The van der Waals surface area contributed by atoms with E-state index in [0.717, 1.165) is 5.54 Å². The summed E-state index contributed by atoms with van der Waals surface area (Å²) in [5.74, 6) is 0. The molecule has 0 aromatic heterocycles. The van der Waals surface area contributed by atoms with Crippen molar-refractivity contribution >= 4 is 47.4 Å². The van der Waals surface area contributed by atoms with E-state index in [1.165, 1.54) is 6.08 Å². The fraction of sp³-hybridized carbons (Fsp3) is 0. The molecule has 0 amide bonds. The van der Waals surface area contributed by atoms with Crippen molar-refractivity contribution in [2.45, 2.75) is 0 Å². The Kier molecular flexibility index (Phi) is 15.1. The van der Waals surface area contributed by atoms with Gasteiger partial charge in [-0.1, -0.05) is 11.6 Å². The van der Waals surface area contributed by atoms with Crippen LogP contribution in [0.2, 0.25) is 0 Å². The normalized spacial score (nSPS) is 7.50. The van der Waals surface area contributed by atoms with Gasteiger partial charge in [0.15, 0.2) is 0 Å². The van der Waals surface area contributed by atoms with Crippen LogP contribution in [-0.2, 0) is 4.79 Å². The fourth-order valence-electron chi connectivity index (χ4n) is 0.0297. The third kappa shape index (κ3) is 8.83. The molecule has 0 aliphatic carbocycles. The molecule has 1 nitrogen and oxygen atoms in total. The van der Waals surface area contributed by atoms with Gasteiger partial charge in [0.1, 0.15) is 6.29 Å². The SMILES string of the molecule is O=C/C=C\Cl.[Na]. The summed E-state index contributed by atoms with van der Waals surface area (Å²) < 4.78 is 0. The first-order valence-electron chi connectivity index (χ1n) is 1.12. The van der Waals surface area contributed by atoms with Gasteiger partial charge >= 0.3 is 0 Å². The summed E-state index contributed by atoms with van der Waals surface area (Å²) in [6, 6.07) is 0. The topological polar surface area (TPSA) is 17.1 Å². The number of carbonyl (C=O) groups is 1. The average molecular weight is 113 g/mol. The van der Waals surface area contributed by atoms with Crippen molar-refractivity contribution in [1.82, 2.24) is 0 Å². The second-order valence-corrected chi connectivity index (χ2v) is 0.706. The predicted molar refractivity (Wildman–Crippen MR) is 26.8 cm³/mol. The van der Waals surface area contributed by atoms with Gasteiger partial charge in [0.05, 0.1) is 0 Å². The van der Waals surface area contributed by atoms with Gasteiger partial charge in [-0.15, -0.1) is 0 Å². The van der Waals surface area contributed by atoms with E-state index in [1.54, 1.807) is 0 Å². The van der Waals surface area contributed by atoms with Crippen molar-refractivity contribution in [3.05, 3.63) is 11.6 Å². The van der Waals surface area contributed by atoms with Gasteiger partial charge in [-0.25, -0.2) is 0 Å². The maximum Gasteiger partial charge on any atom is 0.143 e. The Morgan fingerprint density at radius 1 is 1.50 bits per heavy atom. The Bertz CT molecular complexity index is 52.8. The molecule has 6 heavy (non-hydrogen) atoms. The van der Waals surface area contributed by atoms with E-state index in [2.05, 4.69) is 0 Å². The Balaban J connectivity index is 0. The maximum absolute atomic E-state index is 9.23. The largest absolute Gasteiger partial charge is 0.299 e. The Hall–Kier alpha value is 0.700. The average Bonchev–Trinajstić information content (AvgIpc) is 1.41. The smallest absolute Gasteiger partial charge is 0.143 e.